The van der Waals surface area contributed by atoms with Gasteiger partial charge in [0.2, 0.25) is 0 Å². The zero-order valence-electron chi connectivity index (χ0n) is 10.0. The molecule has 0 bridgehead atoms. The van der Waals surface area contributed by atoms with Crippen molar-refractivity contribution in [1.29, 1.82) is 0 Å². The zero-order valence-corrected chi connectivity index (χ0v) is 10.0. The van der Waals surface area contributed by atoms with Gasteiger partial charge >= 0.3 is 0 Å². The third kappa shape index (κ3) is 1.34. The Morgan fingerprint density at radius 1 is 1.31 bits per heavy atom. The Bertz CT molecular complexity index is 451. The van der Waals surface area contributed by atoms with Crippen molar-refractivity contribution in [3.8, 4) is 0 Å². The maximum atomic E-state index is 13.2. The Balaban J connectivity index is 2.62. The van der Waals surface area contributed by atoms with Gasteiger partial charge in [0.15, 0.2) is 0 Å². The topological polar surface area (TPSA) is 20.3 Å². The highest BCUT2D eigenvalue weighted by molar-refractivity contribution is 6.00. The van der Waals surface area contributed by atoms with E-state index in [4.69, 9.17) is 0 Å². The number of fused-ring (bicyclic) bond motifs is 1. The van der Waals surface area contributed by atoms with Crippen LogP contribution in [-0.4, -0.2) is 16.8 Å². The maximum Gasteiger partial charge on any atom is 0.255 e. The molecule has 1 aliphatic rings. The van der Waals surface area contributed by atoms with E-state index in [1.807, 2.05) is 27.7 Å². The number of amides is 1. The molecule has 0 saturated heterocycles. The number of hydrogen-bond donors (Lipinski definition) is 0. The lowest BCUT2D eigenvalue weighted by molar-refractivity contribution is 0.0525. The van der Waals surface area contributed by atoms with Gasteiger partial charge in [0, 0.05) is 11.6 Å². The van der Waals surface area contributed by atoms with Crippen LogP contribution in [0.2, 0.25) is 0 Å². The second-order valence-corrected chi connectivity index (χ2v) is 5.02. The van der Waals surface area contributed by atoms with Gasteiger partial charge in [-0.3, -0.25) is 4.79 Å². The van der Waals surface area contributed by atoms with E-state index in [0.29, 0.717) is 5.56 Å². The molecule has 0 N–H and O–H groups in total. The van der Waals surface area contributed by atoms with Crippen molar-refractivity contribution in [2.75, 3.05) is 0 Å². The quantitative estimate of drug-likeness (QED) is 0.714. The largest absolute Gasteiger partial charge is 0.327 e. The van der Waals surface area contributed by atoms with Crippen LogP contribution in [0.15, 0.2) is 18.2 Å². The lowest BCUT2D eigenvalue weighted by atomic mass is 9.93. The van der Waals surface area contributed by atoms with Gasteiger partial charge in [-0.15, -0.1) is 0 Å². The Morgan fingerprint density at radius 3 is 2.50 bits per heavy atom. The number of carbonyl (C=O) groups is 1. The van der Waals surface area contributed by atoms with E-state index in [9.17, 15) is 9.18 Å². The van der Waals surface area contributed by atoms with Crippen LogP contribution in [0.25, 0.3) is 0 Å². The van der Waals surface area contributed by atoms with Crippen LogP contribution >= 0.6 is 0 Å². The highest BCUT2D eigenvalue weighted by atomic mass is 19.1. The van der Waals surface area contributed by atoms with Crippen LogP contribution in [0.5, 0.6) is 0 Å². The predicted molar refractivity (Wildman–Crippen MR) is 60.7 cm³/mol. The third-order valence-electron chi connectivity index (χ3n) is 3.21. The lowest BCUT2D eigenvalue weighted by Crippen LogP contribution is -2.43. The SMILES string of the molecule is CC(C)N1C(=O)c2ccc(F)cc2C1(C)C. The summed E-state index contributed by atoms with van der Waals surface area (Å²) in [6.45, 7) is 7.86. The minimum absolute atomic E-state index is 0.00463. The van der Waals surface area contributed by atoms with Crippen molar-refractivity contribution in [3.05, 3.63) is 35.1 Å². The summed E-state index contributed by atoms with van der Waals surface area (Å²) in [5.74, 6) is -0.291. The molecule has 3 heteroatoms. The van der Waals surface area contributed by atoms with Crippen molar-refractivity contribution in [2.24, 2.45) is 0 Å². The zero-order chi connectivity index (χ0) is 12.1. The van der Waals surface area contributed by atoms with E-state index < -0.39 is 5.54 Å². The number of hydrogen-bond acceptors (Lipinski definition) is 1. The van der Waals surface area contributed by atoms with Crippen molar-refractivity contribution in [1.82, 2.24) is 4.90 Å². The summed E-state index contributed by atoms with van der Waals surface area (Å²) in [6, 6.07) is 4.50. The van der Waals surface area contributed by atoms with Crippen molar-refractivity contribution in [2.45, 2.75) is 39.3 Å². The van der Waals surface area contributed by atoms with E-state index in [-0.39, 0.29) is 17.8 Å². The molecule has 0 aliphatic carbocycles. The number of rotatable bonds is 1. The van der Waals surface area contributed by atoms with Crippen LogP contribution < -0.4 is 0 Å². The lowest BCUT2D eigenvalue weighted by Gasteiger charge is -2.35. The Labute approximate surface area is 95.1 Å². The first-order chi connectivity index (χ1) is 7.35. The molecule has 1 aromatic rings. The van der Waals surface area contributed by atoms with Gasteiger partial charge in [-0.25, -0.2) is 4.39 Å². The molecule has 0 spiro atoms. The molecule has 2 rings (SSSR count). The summed E-state index contributed by atoms with van der Waals surface area (Å²) in [6.07, 6.45) is 0. The third-order valence-corrected chi connectivity index (χ3v) is 3.21. The summed E-state index contributed by atoms with van der Waals surface area (Å²) in [4.78, 5) is 14.0. The van der Waals surface area contributed by atoms with E-state index in [2.05, 4.69) is 0 Å². The number of nitrogens with zero attached hydrogens (tertiary/aromatic N) is 1. The van der Waals surface area contributed by atoms with Gasteiger partial charge in [-0.1, -0.05) is 0 Å². The van der Waals surface area contributed by atoms with E-state index >= 15 is 0 Å². The second-order valence-electron chi connectivity index (χ2n) is 5.02. The molecule has 2 nitrogen and oxygen atoms in total. The van der Waals surface area contributed by atoms with Crippen LogP contribution in [0.4, 0.5) is 4.39 Å². The molecule has 1 heterocycles. The molecule has 0 fully saturated rings. The van der Waals surface area contributed by atoms with Crippen LogP contribution in [0, 0.1) is 5.82 Å². The van der Waals surface area contributed by atoms with Crippen molar-refractivity contribution in [3.63, 3.8) is 0 Å². The summed E-state index contributed by atoms with van der Waals surface area (Å²) < 4.78 is 13.2. The molecule has 1 aliphatic heterocycles. The molecule has 16 heavy (non-hydrogen) atoms. The summed E-state index contributed by atoms with van der Waals surface area (Å²) in [5, 5.41) is 0. The van der Waals surface area contributed by atoms with Gasteiger partial charge in [0.05, 0.1) is 5.54 Å². The average Bonchev–Trinajstić information content (AvgIpc) is 2.34. The highest BCUT2D eigenvalue weighted by Gasteiger charge is 2.44. The maximum absolute atomic E-state index is 13.2. The van der Waals surface area contributed by atoms with Gasteiger partial charge in [0.25, 0.3) is 5.91 Å². The van der Waals surface area contributed by atoms with Crippen molar-refractivity contribution < 1.29 is 9.18 Å². The first-order valence-corrected chi connectivity index (χ1v) is 5.49. The number of carbonyl (C=O) groups excluding carboxylic acids is 1. The Morgan fingerprint density at radius 2 is 1.94 bits per heavy atom. The minimum Gasteiger partial charge on any atom is -0.327 e. The fraction of sp³-hybridized carbons (Fsp3) is 0.462. The van der Waals surface area contributed by atoms with Crippen molar-refractivity contribution >= 4 is 5.91 Å². The molecule has 0 unspecified atom stereocenters. The minimum atomic E-state index is -0.428. The van der Waals surface area contributed by atoms with Gasteiger partial charge in [-0.2, -0.15) is 0 Å². The molecular weight excluding hydrogens is 205 g/mol. The molecule has 1 aromatic carbocycles. The predicted octanol–water partition coefficient (Wildman–Crippen LogP) is 2.93. The highest BCUT2D eigenvalue weighted by Crippen LogP contribution is 2.40. The smallest absolute Gasteiger partial charge is 0.255 e. The van der Waals surface area contributed by atoms with Crippen LogP contribution in [0.3, 0.4) is 0 Å². The molecule has 0 atom stereocenters. The fourth-order valence-electron chi connectivity index (χ4n) is 2.60. The Kier molecular flexibility index (Phi) is 2.30. The molecule has 0 aromatic heterocycles. The number of benzene rings is 1. The molecule has 86 valence electrons. The van der Waals surface area contributed by atoms with E-state index in [0.717, 1.165) is 5.56 Å². The van der Waals surface area contributed by atoms with Gasteiger partial charge in [0.1, 0.15) is 5.82 Å². The number of halogens is 1. The monoisotopic (exact) mass is 221 g/mol. The molecular formula is C13H16FNO. The first kappa shape index (κ1) is 11.1. The average molecular weight is 221 g/mol. The van der Waals surface area contributed by atoms with E-state index in [1.165, 1.54) is 12.1 Å². The summed E-state index contributed by atoms with van der Waals surface area (Å²) >= 11 is 0. The molecule has 0 radical (unpaired) electrons. The van der Waals surface area contributed by atoms with Gasteiger partial charge in [-0.05, 0) is 51.5 Å². The van der Waals surface area contributed by atoms with E-state index in [1.54, 1.807) is 11.0 Å². The molecule has 1 amide bonds. The summed E-state index contributed by atoms with van der Waals surface area (Å²) in [7, 11) is 0. The second kappa shape index (κ2) is 3.30. The standard InChI is InChI=1S/C13H16FNO/c1-8(2)15-12(16)10-6-5-9(14)7-11(10)13(15,3)4/h5-8H,1-4H3. The van der Waals surface area contributed by atoms with Crippen LogP contribution in [-0.2, 0) is 5.54 Å². The fourth-order valence-corrected chi connectivity index (χ4v) is 2.60. The summed E-state index contributed by atoms with van der Waals surface area (Å²) in [5.41, 5.74) is 0.981. The molecule has 0 saturated carbocycles. The van der Waals surface area contributed by atoms with Gasteiger partial charge < -0.3 is 4.90 Å². The Hall–Kier alpha value is -1.38. The first-order valence-electron chi connectivity index (χ1n) is 5.49. The van der Waals surface area contributed by atoms with Crippen LogP contribution in [0.1, 0.15) is 43.6 Å². The normalized spacial score (nSPS) is 18.1.